The normalized spacial score (nSPS) is 17.6. The van der Waals surface area contributed by atoms with Crippen LogP contribution in [-0.2, 0) is 6.54 Å². The minimum Gasteiger partial charge on any atom is -0.496 e. The third kappa shape index (κ3) is 3.53. The van der Waals surface area contributed by atoms with Crippen molar-refractivity contribution in [1.82, 2.24) is 20.4 Å². The Morgan fingerprint density at radius 1 is 1.46 bits per heavy atom. The van der Waals surface area contributed by atoms with Crippen molar-refractivity contribution in [3.63, 3.8) is 0 Å². The van der Waals surface area contributed by atoms with E-state index in [-0.39, 0.29) is 12.1 Å². The topological polar surface area (TPSA) is 70.2 Å². The van der Waals surface area contributed by atoms with Gasteiger partial charge in [-0.2, -0.15) is 5.10 Å². The number of carbonyl (C=O) groups is 1. The number of hydrogen-bond acceptors (Lipinski definition) is 3. The molecule has 1 aliphatic heterocycles. The molecule has 1 fully saturated rings. The number of aromatic nitrogens is 2. The second-order valence-corrected chi connectivity index (χ2v) is 6.21. The quantitative estimate of drug-likeness (QED) is 0.905. The molecule has 24 heavy (non-hydrogen) atoms. The van der Waals surface area contributed by atoms with Crippen LogP contribution in [0.25, 0.3) is 0 Å². The zero-order valence-electron chi connectivity index (χ0n) is 14.2. The molecule has 0 radical (unpaired) electrons. The van der Waals surface area contributed by atoms with Crippen molar-refractivity contribution in [2.75, 3.05) is 13.7 Å². The molecule has 0 unspecified atom stereocenters. The van der Waals surface area contributed by atoms with Crippen LogP contribution < -0.4 is 10.1 Å². The van der Waals surface area contributed by atoms with E-state index in [1.165, 1.54) is 0 Å². The molecule has 1 aromatic carbocycles. The maximum atomic E-state index is 12.7. The van der Waals surface area contributed by atoms with E-state index in [1.54, 1.807) is 13.3 Å². The Morgan fingerprint density at radius 2 is 2.33 bits per heavy atom. The number of amides is 2. The highest BCUT2D eigenvalue weighted by Crippen LogP contribution is 2.30. The summed E-state index contributed by atoms with van der Waals surface area (Å²) >= 11 is 0. The molecule has 2 amide bonds. The Morgan fingerprint density at radius 3 is 3.08 bits per heavy atom. The van der Waals surface area contributed by atoms with E-state index in [1.807, 2.05) is 36.2 Å². The van der Waals surface area contributed by atoms with Gasteiger partial charge in [0.2, 0.25) is 0 Å². The monoisotopic (exact) mass is 328 g/mol. The number of nitrogens with zero attached hydrogens (tertiary/aromatic N) is 2. The van der Waals surface area contributed by atoms with Gasteiger partial charge >= 0.3 is 6.03 Å². The predicted molar refractivity (Wildman–Crippen MR) is 91.9 cm³/mol. The number of ether oxygens (including phenoxy) is 1. The lowest BCUT2D eigenvalue weighted by Gasteiger charge is -2.35. The smallest absolute Gasteiger partial charge is 0.318 e. The SMILES string of the molecule is COc1cc(C)ccc1CNC(=O)N1CCCC[C@H]1c1cn[nH]c1. The molecule has 1 atom stereocenters. The molecule has 2 N–H and O–H groups in total. The minimum atomic E-state index is -0.0384. The van der Waals surface area contributed by atoms with Crippen LogP contribution in [0.2, 0.25) is 0 Å². The van der Waals surface area contributed by atoms with E-state index in [0.29, 0.717) is 6.54 Å². The largest absolute Gasteiger partial charge is 0.496 e. The van der Waals surface area contributed by atoms with Crippen molar-refractivity contribution in [1.29, 1.82) is 0 Å². The van der Waals surface area contributed by atoms with Gasteiger partial charge in [0.1, 0.15) is 5.75 Å². The molecule has 2 aromatic rings. The third-order valence-electron chi connectivity index (χ3n) is 4.54. The van der Waals surface area contributed by atoms with Gasteiger partial charge in [0.25, 0.3) is 0 Å². The van der Waals surface area contributed by atoms with Crippen molar-refractivity contribution in [2.24, 2.45) is 0 Å². The standard InChI is InChI=1S/C18H24N4O2/c1-13-6-7-14(17(9-13)24-2)10-19-18(23)22-8-4-3-5-16(22)15-11-20-21-12-15/h6-7,9,11-12,16H,3-5,8,10H2,1-2H3,(H,19,23)(H,20,21)/t16-/m0/s1. The maximum Gasteiger partial charge on any atom is 0.318 e. The molecule has 0 aliphatic carbocycles. The van der Waals surface area contributed by atoms with E-state index in [2.05, 4.69) is 15.5 Å². The van der Waals surface area contributed by atoms with E-state index in [0.717, 1.165) is 48.2 Å². The highest BCUT2D eigenvalue weighted by molar-refractivity contribution is 5.75. The van der Waals surface area contributed by atoms with Crippen LogP contribution in [0.4, 0.5) is 4.79 Å². The summed E-state index contributed by atoms with van der Waals surface area (Å²) < 4.78 is 5.41. The molecule has 0 bridgehead atoms. The number of benzene rings is 1. The molecule has 6 nitrogen and oxygen atoms in total. The second kappa shape index (κ2) is 7.38. The summed E-state index contributed by atoms with van der Waals surface area (Å²) in [5.41, 5.74) is 3.18. The van der Waals surface area contributed by atoms with Crippen LogP contribution in [0, 0.1) is 6.92 Å². The molecule has 3 rings (SSSR count). The number of aryl methyl sites for hydroxylation is 1. The number of carbonyl (C=O) groups excluding carboxylic acids is 1. The van der Waals surface area contributed by atoms with Crippen LogP contribution in [-0.4, -0.2) is 34.8 Å². The first-order chi connectivity index (χ1) is 11.7. The van der Waals surface area contributed by atoms with E-state index in [4.69, 9.17) is 4.74 Å². The number of urea groups is 1. The third-order valence-corrected chi connectivity index (χ3v) is 4.54. The lowest BCUT2D eigenvalue weighted by Crippen LogP contribution is -2.44. The summed E-state index contributed by atoms with van der Waals surface area (Å²) in [7, 11) is 1.65. The van der Waals surface area contributed by atoms with Crippen LogP contribution in [0.5, 0.6) is 5.75 Å². The first-order valence-corrected chi connectivity index (χ1v) is 8.35. The van der Waals surface area contributed by atoms with E-state index < -0.39 is 0 Å². The van der Waals surface area contributed by atoms with Gasteiger partial charge in [-0.25, -0.2) is 4.79 Å². The predicted octanol–water partition coefficient (Wildman–Crippen LogP) is 3.16. The van der Waals surface area contributed by atoms with Crippen molar-refractivity contribution in [3.05, 3.63) is 47.3 Å². The van der Waals surface area contributed by atoms with Crippen molar-refractivity contribution in [3.8, 4) is 5.75 Å². The molecule has 0 spiro atoms. The molecule has 2 heterocycles. The Bertz CT molecular complexity index is 684. The van der Waals surface area contributed by atoms with Crippen molar-refractivity contribution >= 4 is 6.03 Å². The first kappa shape index (κ1) is 16.4. The zero-order chi connectivity index (χ0) is 16.9. The molecule has 1 saturated heterocycles. The number of aromatic amines is 1. The van der Waals surface area contributed by atoms with Crippen LogP contribution >= 0.6 is 0 Å². The van der Waals surface area contributed by atoms with Gasteiger partial charge in [0.05, 0.1) is 19.3 Å². The molecule has 1 aliphatic rings. The highest BCUT2D eigenvalue weighted by Gasteiger charge is 2.28. The highest BCUT2D eigenvalue weighted by atomic mass is 16.5. The minimum absolute atomic E-state index is 0.0384. The van der Waals surface area contributed by atoms with Gasteiger partial charge in [0, 0.05) is 30.4 Å². The Labute approximate surface area is 142 Å². The number of H-pyrrole nitrogens is 1. The summed E-state index contributed by atoms with van der Waals surface area (Å²) in [6.45, 7) is 3.25. The summed E-state index contributed by atoms with van der Waals surface area (Å²) in [6.07, 6.45) is 6.82. The average molecular weight is 328 g/mol. The average Bonchev–Trinajstić information content (AvgIpc) is 3.14. The molecule has 1 aromatic heterocycles. The van der Waals surface area contributed by atoms with Crippen molar-refractivity contribution < 1.29 is 9.53 Å². The fourth-order valence-corrected chi connectivity index (χ4v) is 3.23. The van der Waals surface area contributed by atoms with Crippen molar-refractivity contribution in [2.45, 2.75) is 38.8 Å². The summed E-state index contributed by atoms with van der Waals surface area (Å²) in [6, 6.07) is 6.06. The van der Waals surface area contributed by atoms with E-state index in [9.17, 15) is 4.79 Å². The first-order valence-electron chi connectivity index (χ1n) is 8.35. The Kier molecular flexibility index (Phi) is 5.03. The fraction of sp³-hybridized carbons (Fsp3) is 0.444. The molecule has 128 valence electrons. The number of nitrogens with one attached hydrogen (secondary N) is 2. The van der Waals surface area contributed by atoms with Crippen LogP contribution in [0.3, 0.4) is 0 Å². The number of piperidine rings is 1. The van der Waals surface area contributed by atoms with E-state index >= 15 is 0 Å². The van der Waals surface area contributed by atoms with Crippen LogP contribution in [0.1, 0.15) is 42.0 Å². The van der Waals surface area contributed by atoms with Crippen LogP contribution in [0.15, 0.2) is 30.6 Å². The van der Waals surface area contributed by atoms with Gasteiger partial charge in [0.15, 0.2) is 0 Å². The fourth-order valence-electron chi connectivity index (χ4n) is 3.23. The van der Waals surface area contributed by atoms with Gasteiger partial charge in [-0.15, -0.1) is 0 Å². The Balaban J connectivity index is 1.67. The Hall–Kier alpha value is -2.50. The molecule has 0 saturated carbocycles. The molecular formula is C18H24N4O2. The summed E-state index contributed by atoms with van der Waals surface area (Å²) in [4.78, 5) is 14.6. The molecular weight excluding hydrogens is 304 g/mol. The lowest BCUT2D eigenvalue weighted by molar-refractivity contribution is 0.151. The number of methoxy groups -OCH3 is 1. The lowest BCUT2D eigenvalue weighted by atomic mass is 9.98. The van der Waals surface area contributed by atoms with Gasteiger partial charge in [-0.1, -0.05) is 12.1 Å². The van der Waals surface area contributed by atoms with Gasteiger partial charge in [-0.3, -0.25) is 5.10 Å². The zero-order valence-corrected chi connectivity index (χ0v) is 14.2. The molecule has 6 heteroatoms. The number of rotatable bonds is 4. The van der Waals surface area contributed by atoms with Gasteiger partial charge < -0.3 is 15.0 Å². The van der Waals surface area contributed by atoms with Gasteiger partial charge in [-0.05, 0) is 37.8 Å². The summed E-state index contributed by atoms with van der Waals surface area (Å²) in [5.74, 6) is 0.806. The maximum absolute atomic E-state index is 12.7. The summed E-state index contributed by atoms with van der Waals surface area (Å²) in [5, 5.41) is 9.89. The number of likely N-dealkylation sites (tertiary alicyclic amines) is 1. The number of hydrogen-bond donors (Lipinski definition) is 2. The second-order valence-electron chi connectivity index (χ2n) is 6.21.